The SMILES string of the molecule is C1=CCC(c2nc(-c3ccccc3)nc(-c3ccc(-c4c(C5=C[C@H]6c7ccccc7-c7ccccc7C6C=C5)ccc5ccccc45)cc3)n2)C=C1. The molecule has 10 rings (SSSR count). The van der Waals surface area contributed by atoms with Crippen LogP contribution in [0.25, 0.3) is 61.4 Å². The van der Waals surface area contributed by atoms with Gasteiger partial charge in [0.05, 0.1) is 0 Å². The lowest BCUT2D eigenvalue weighted by atomic mass is 9.68. The van der Waals surface area contributed by atoms with E-state index in [1.54, 1.807) is 0 Å². The molecule has 3 heteroatoms. The third-order valence-corrected chi connectivity index (χ3v) is 10.8. The zero-order valence-electron chi connectivity index (χ0n) is 28.6. The van der Waals surface area contributed by atoms with E-state index in [1.165, 1.54) is 55.3 Å². The van der Waals surface area contributed by atoms with E-state index in [1.807, 2.05) is 18.2 Å². The Morgan fingerprint density at radius 1 is 0.481 bits per heavy atom. The van der Waals surface area contributed by atoms with Gasteiger partial charge in [0.1, 0.15) is 5.82 Å². The molecule has 0 fully saturated rings. The van der Waals surface area contributed by atoms with Gasteiger partial charge in [0, 0.05) is 28.9 Å². The highest BCUT2D eigenvalue weighted by Gasteiger charge is 2.33. The third-order valence-electron chi connectivity index (χ3n) is 10.8. The molecule has 0 amide bonds. The molecule has 246 valence electrons. The molecule has 1 heterocycles. The van der Waals surface area contributed by atoms with Crippen molar-refractivity contribution in [2.45, 2.75) is 24.2 Å². The number of fused-ring (bicyclic) bond motifs is 7. The summed E-state index contributed by atoms with van der Waals surface area (Å²) in [5.41, 5.74) is 12.3. The van der Waals surface area contributed by atoms with E-state index < -0.39 is 0 Å². The van der Waals surface area contributed by atoms with Crippen molar-refractivity contribution in [1.82, 2.24) is 15.0 Å². The van der Waals surface area contributed by atoms with Crippen molar-refractivity contribution >= 4 is 16.3 Å². The Hall–Kier alpha value is -6.45. The molecule has 6 aromatic carbocycles. The molecule has 3 atom stereocenters. The lowest BCUT2D eigenvalue weighted by Crippen LogP contribution is -2.17. The van der Waals surface area contributed by atoms with Crippen LogP contribution in [0.15, 0.2) is 182 Å². The van der Waals surface area contributed by atoms with Crippen LogP contribution in [0.1, 0.15) is 46.7 Å². The molecule has 0 bridgehead atoms. The van der Waals surface area contributed by atoms with Gasteiger partial charge in [0.2, 0.25) is 0 Å². The molecule has 0 saturated carbocycles. The molecule has 3 aliphatic carbocycles. The molecule has 0 N–H and O–H groups in total. The number of aromatic nitrogens is 3. The van der Waals surface area contributed by atoms with Crippen molar-refractivity contribution in [3.8, 4) is 45.0 Å². The summed E-state index contributed by atoms with van der Waals surface area (Å²) in [4.78, 5) is 15.0. The molecule has 7 aromatic rings. The fraction of sp³-hybridized carbons (Fsp3) is 0.0816. The molecule has 52 heavy (non-hydrogen) atoms. The smallest absolute Gasteiger partial charge is 0.163 e. The van der Waals surface area contributed by atoms with Gasteiger partial charge in [-0.25, -0.2) is 15.0 Å². The van der Waals surface area contributed by atoms with Crippen molar-refractivity contribution in [1.29, 1.82) is 0 Å². The highest BCUT2D eigenvalue weighted by atomic mass is 15.0. The molecular formula is C49H35N3. The Labute approximate surface area is 304 Å². The second-order valence-corrected chi connectivity index (χ2v) is 13.9. The van der Waals surface area contributed by atoms with E-state index in [-0.39, 0.29) is 11.8 Å². The normalized spacial score (nSPS) is 18.4. The summed E-state index contributed by atoms with van der Waals surface area (Å²) < 4.78 is 0. The zero-order valence-corrected chi connectivity index (χ0v) is 28.6. The minimum Gasteiger partial charge on any atom is -0.212 e. The van der Waals surface area contributed by atoms with Crippen LogP contribution in [-0.2, 0) is 0 Å². The monoisotopic (exact) mass is 665 g/mol. The minimum atomic E-state index is 0.118. The summed E-state index contributed by atoms with van der Waals surface area (Å²) in [6.45, 7) is 0. The Morgan fingerprint density at radius 3 is 1.88 bits per heavy atom. The summed E-state index contributed by atoms with van der Waals surface area (Å²) in [5.74, 6) is 2.88. The molecular weight excluding hydrogens is 631 g/mol. The molecule has 0 radical (unpaired) electrons. The van der Waals surface area contributed by atoms with Crippen molar-refractivity contribution in [2.24, 2.45) is 0 Å². The topological polar surface area (TPSA) is 38.7 Å². The maximum Gasteiger partial charge on any atom is 0.163 e. The van der Waals surface area contributed by atoms with Crippen LogP contribution in [0.5, 0.6) is 0 Å². The molecule has 3 aliphatic rings. The van der Waals surface area contributed by atoms with Crippen LogP contribution in [-0.4, -0.2) is 15.0 Å². The molecule has 0 aliphatic heterocycles. The maximum absolute atomic E-state index is 5.04. The highest BCUT2D eigenvalue weighted by Crippen LogP contribution is 2.51. The Bertz CT molecular complexity index is 2610. The van der Waals surface area contributed by atoms with Crippen LogP contribution in [0.2, 0.25) is 0 Å². The first-order chi connectivity index (χ1) is 25.8. The van der Waals surface area contributed by atoms with Crippen LogP contribution in [0.3, 0.4) is 0 Å². The maximum atomic E-state index is 5.04. The van der Waals surface area contributed by atoms with Gasteiger partial charge in [-0.05, 0) is 61.7 Å². The van der Waals surface area contributed by atoms with E-state index >= 15 is 0 Å². The van der Waals surface area contributed by atoms with Gasteiger partial charge in [-0.3, -0.25) is 0 Å². The predicted molar refractivity (Wildman–Crippen MR) is 214 cm³/mol. The number of rotatable bonds is 5. The standard InChI is InChI=1S/C49H35N3/c1-3-14-34(15-4-1)47-50-48(35-16-5-2-6-17-35)52-49(51-47)36-25-23-33(24-26-36)46-38-18-8-7-13-32(38)27-29-39(46)37-28-30-44-42-21-10-9-19-40(42)41-20-11-12-22-43(41)45(44)31-37/h1-16,18-31,35,44-45H,17H2/t35?,44?,45-/m0/s1. The van der Waals surface area contributed by atoms with Crippen molar-refractivity contribution in [3.05, 3.63) is 205 Å². The lowest BCUT2D eigenvalue weighted by molar-refractivity contribution is 0.722. The molecule has 0 spiro atoms. The van der Waals surface area contributed by atoms with Crippen molar-refractivity contribution in [2.75, 3.05) is 0 Å². The largest absolute Gasteiger partial charge is 0.212 e. The van der Waals surface area contributed by atoms with E-state index in [0.29, 0.717) is 17.6 Å². The van der Waals surface area contributed by atoms with Gasteiger partial charge in [-0.1, -0.05) is 182 Å². The van der Waals surface area contributed by atoms with Crippen molar-refractivity contribution < 1.29 is 0 Å². The highest BCUT2D eigenvalue weighted by molar-refractivity contribution is 6.03. The van der Waals surface area contributed by atoms with E-state index in [2.05, 4.69) is 164 Å². The van der Waals surface area contributed by atoms with Gasteiger partial charge in [-0.2, -0.15) is 0 Å². The summed E-state index contributed by atoms with van der Waals surface area (Å²) in [5, 5.41) is 2.47. The van der Waals surface area contributed by atoms with Crippen molar-refractivity contribution in [3.63, 3.8) is 0 Å². The Morgan fingerprint density at radius 2 is 1.13 bits per heavy atom. The van der Waals surface area contributed by atoms with Gasteiger partial charge in [0.15, 0.2) is 11.6 Å². The first-order valence-electron chi connectivity index (χ1n) is 18.1. The van der Waals surface area contributed by atoms with E-state index in [4.69, 9.17) is 15.0 Å². The molecule has 3 nitrogen and oxygen atoms in total. The number of hydrogen-bond donors (Lipinski definition) is 0. The van der Waals surface area contributed by atoms with Crippen LogP contribution in [0, 0.1) is 0 Å². The fourth-order valence-electron chi connectivity index (χ4n) is 8.29. The second-order valence-electron chi connectivity index (χ2n) is 13.9. The van der Waals surface area contributed by atoms with Crippen LogP contribution < -0.4 is 0 Å². The van der Waals surface area contributed by atoms with E-state index in [9.17, 15) is 0 Å². The number of benzene rings is 6. The van der Waals surface area contributed by atoms with Gasteiger partial charge in [-0.15, -0.1) is 0 Å². The minimum absolute atomic E-state index is 0.118. The predicted octanol–water partition coefficient (Wildman–Crippen LogP) is 12.1. The Balaban J connectivity index is 1.08. The van der Waals surface area contributed by atoms with Crippen LogP contribution >= 0.6 is 0 Å². The average molecular weight is 666 g/mol. The summed E-state index contributed by atoms with van der Waals surface area (Å²) in [6.07, 6.45) is 16.7. The number of hydrogen-bond acceptors (Lipinski definition) is 3. The first-order valence-corrected chi connectivity index (χ1v) is 18.1. The Kier molecular flexibility index (Phi) is 7.42. The second kappa shape index (κ2) is 12.7. The quantitative estimate of drug-likeness (QED) is 0.184. The summed E-state index contributed by atoms with van der Waals surface area (Å²) >= 11 is 0. The number of allylic oxidation sites excluding steroid dienone is 8. The van der Waals surface area contributed by atoms with Crippen LogP contribution in [0.4, 0.5) is 0 Å². The summed E-state index contributed by atoms with van der Waals surface area (Å²) in [7, 11) is 0. The number of nitrogens with zero attached hydrogens (tertiary/aromatic N) is 3. The zero-order chi connectivity index (χ0) is 34.4. The van der Waals surface area contributed by atoms with E-state index in [0.717, 1.165) is 23.4 Å². The lowest BCUT2D eigenvalue weighted by Gasteiger charge is -2.35. The molecule has 1 aromatic heterocycles. The summed E-state index contributed by atoms with van der Waals surface area (Å²) in [6, 6.07) is 50.1. The average Bonchev–Trinajstić information content (AvgIpc) is 3.24. The van der Waals surface area contributed by atoms with Gasteiger partial charge in [0.25, 0.3) is 0 Å². The third kappa shape index (κ3) is 5.25. The fourth-order valence-corrected chi connectivity index (χ4v) is 8.29. The van der Waals surface area contributed by atoms with Gasteiger partial charge >= 0.3 is 0 Å². The van der Waals surface area contributed by atoms with Gasteiger partial charge < -0.3 is 0 Å². The molecule has 0 saturated heterocycles. The molecule has 2 unspecified atom stereocenters. The first kappa shape index (κ1) is 30.4.